The number of hydrogen-bond donors (Lipinski definition) is 1. The van der Waals surface area contributed by atoms with Gasteiger partial charge in [0.2, 0.25) is 0 Å². The van der Waals surface area contributed by atoms with Crippen LogP contribution < -0.4 is 0 Å². The second-order valence-electron chi connectivity index (χ2n) is 4.11. The Labute approximate surface area is 67.7 Å². The van der Waals surface area contributed by atoms with Crippen LogP contribution in [0.1, 0.15) is 27.2 Å². The summed E-state index contributed by atoms with van der Waals surface area (Å²) in [5, 5.41) is 16.4. The lowest BCUT2D eigenvalue weighted by atomic mass is 9.82. The molecule has 2 heteroatoms. The van der Waals surface area contributed by atoms with Crippen LogP contribution >= 0.6 is 0 Å². The van der Waals surface area contributed by atoms with E-state index in [0.717, 1.165) is 6.42 Å². The maximum atomic E-state index is 8.80. The van der Waals surface area contributed by atoms with Gasteiger partial charge < -0.3 is 5.41 Å². The highest BCUT2D eigenvalue weighted by Gasteiger charge is 2.42. The minimum Gasteiger partial charge on any atom is -0.308 e. The summed E-state index contributed by atoms with van der Waals surface area (Å²) < 4.78 is 0. The number of hydrogen-bond acceptors (Lipinski definition) is 2. The van der Waals surface area contributed by atoms with Crippen LogP contribution in [0.15, 0.2) is 0 Å². The zero-order valence-corrected chi connectivity index (χ0v) is 7.31. The fourth-order valence-electron chi connectivity index (χ4n) is 1.97. The Morgan fingerprint density at radius 3 is 2.36 bits per heavy atom. The maximum Gasteiger partial charge on any atom is 0.0892 e. The quantitative estimate of drug-likeness (QED) is 0.565. The molecular formula is C9H14N2. The van der Waals surface area contributed by atoms with E-state index >= 15 is 0 Å². The third kappa shape index (κ3) is 1.16. The molecule has 0 heterocycles. The lowest BCUT2D eigenvalue weighted by Crippen LogP contribution is -2.20. The molecule has 0 radical (unpaired) electrons. The SMILES string of the molecule is CC1CC(C)(C)C(C#N)C1=N. The van der Waals surface area contributed by atoms with Gasteiger partial charge in [0.25, 0.3) is 0 Å². The van der Waals surface area contributed by atoms with E-state index in [0.29, 0.717) is 11.6 Å². The molecule has 2 unspecified atom stereocenters. The van der Waals surface area contributed by atoms with Crippen LogP contribution in [-0.2, 0) is 0 Å². The zero-order chi connectivity index (χ0) is 8.65. The van der Waals surface area contributed by atoms with Crippen LogP contribution in [0.3, 0.4) is 0 Å². The van der Waals surface area contributed by atoms with E-state index in [1.807, 2.05) is 6.92 Å². The predicted octanol–water partition coefficient (Wildman–Crippen LogP) is 2.21. The second-order valence-corrected chi connectivity index (χ2v) is 4.11. The normalized spacial score (nSPS) is 35.3. The van der Waals surface area contributed by atoms with Gasteiger partial charge in [0, 0.05) is 5.71 Å². The van der Waals surface area contributed by atoms with Gasteiger partial charge in [-0.25, -0.2) is 0 Å². The van der Waals surface area contributed by atoms with Crippen LogP contribution in [0, 0.1) is 34.0 Å². The first-order valence-corrected chi connectivity index (χ1v) is 3.97. The summed E-state index contributed by atoms with van der Waals surface area (Å²) in [6, 6.07) is 2.21. The van der Waals surface area contributed by atoms with Crippen molar-refractivity contribution in [1.29, 1.82) is 10.7 Å². The predicted molar refractivity (Wildman–Crippen MR) is 44.4 cm³/mol. The Morgan fingerprint density at radius 2 is 2.18 bits per heavy atom. The molecule has 1 aliphatic rings. The first-order chi connectivity index (χ1) is 4.99. The molecule has 1 saturated carbocycles. The second kappa shape index (κ2) is 2.34. The molecule has 0 aromatic rings. The summed E-state index contributed by atoms with van der Waals surface area (Å²) in [7, 11) is 0. The van der Waals surface area contributed by atoms with Crippen molar-refractivity contribution in [3.63, 3.8) is 0 Å². The largest absolute Gasteiger partial charge is 0.308 e. The maximum absolute atomic E-state index is 8.80. The van der Waals surface area contributed by atoms with Crippen LogP contribution in [-0.4, -0.2) is 5.71 Å². The first-order valence-electron chi connectivity index (χ1n) is 3.97. The molecule has 2 atom stereocenters. The number of nitriles is 1. The number of rotatable bonds is 0. The van der Waals surface area contributed by atoms with Crippen molar-refractivity contribution in [3.8, 4) is 6.07 Å². The minimum atomic E-state index is -0.155. The molecule has 0 aromatic carbocycles. The molecule has 0 amide bonds. The minimum absolute atomic E-state index is 0.0191. The summed E-state index contributed by atoms with van der Waals surface area (Å²) >= 11 is 0. The van der Waals surface area contributed by atoms with Crippen LogP contribution in [0.4, 0.5) is 0 Å². The van der Waals surface area contributed by atoms with E-state index in [1.54, 1.807) is 0 Å². The van der Waals surface area contributed by atoms with Crippen molar-refractivity contribution in [1.82, 2.24) is 0 Å². The molecule has 0 bridgehead atoms. The molecule has 0 spiro atoms. The third-order valence-corrected chi connectivity index (χ3v) is 2.58. The van der Waals surface area contributed by atoms with Gasteiger partial charge in [-0.1, -0.05) is 20.8 Å². The molecule has 0 aliphatic heterocycles. The molecule has 0 aromatic heterocycles. The highest BCUT2D eigenvalue weighted by molar-refractivity contribution is 5.90. The lowest BCUT2D eigenvalue weighted by Gasteiger charge is -2.19. The molecule has 1 fully saturated rings. The Kier molecular flexibility index (Phi) is 1.75. The summed E-state index contributed by atoms with van der Waals surface area (Å²) in [6.45, 7) is 6.17. The van der Waals surface area contributed by atoms with E-state index in [2.05, 4.69) is 19.9 Å². The van der Waals surface area contributed by atoms with Gasteiger partial charge in [-0.05, 0) is 17.8 Å². The molecule has 1 N–H and O–H groups in total. The highest BCUT2D eigenvalue weighted by Crippen LogP contribution is 2.42. The van der Waals surface area contributed by atoms with Crippen LogP contribution in [0.25, 0.3) is 0 Å². The van der Waals surface area contributed by atoms with Crippen molar-refractivity contribution in [2.45, 2.75) is 27.2 Å². The molecule has 1 rings (SSSR count). The molecule has 60 valence electrons. The summed E-state index contributed by atoms with van der Waals surface area (Å²) in [4.78, 5) is 0. The molecular weight excluding hydrogens is 136 g/mol. The molecule has 11 heavy (non-hydrogen) atoms. The van der Waals surface area contributed by atoms with E-state index in [9.17, 15) is 0 Å². The summed E-state index contributed by atoms with van der Waals surface area (Å²) in [6.07, 6.45) is 0.976. The molecule has 1 aliphatic carbocycles. The van der Waals surface area contributed by atoms with E-state index in [-0.39, 0.29) is 11.3 Å². The Bertz CT molecular complexity index is 222. The number of nitrogens with zero attached hydrogens (tertiary/aromatic N) is 1. The summed E-state index contributed by atoms with van der Waals surface area (Å²) in [5.41, 5.74) is 0.642. The Hall–Kier alpha value is -0.840. The van der Waals surface area contributed by atoms with Crippen LogP contribution in [0.2, 0.25) is 0 Å². The smallest absolute Gasteiger partial charge is 0.0892 e. The Balaban J connectivity index is 2.93. The average Bonchev–Trinajstić information content (AvgIpc) is 2.03. The highest BCUT2D eigenvalue weighted by atomic mass is 14.6. The van der Waals surface area contributed by atoms with Crippen molar-refractivity contribution in [3.05, 3.63) is 0 Å². The van der Waals surface area contributed by atoms with Gasteiger partial charge in [-0.2, -0.15) is 5.26 Å². The fourth-order valence-corrected chi connectivity index (χ4v) is 1.97. The zero-order valence-electron chi connectivity index (χ0n) is 7.31. The third-order valence-electron chi connectivity index (χ3n) is 2.58. The van der Waals surface area contributed by atoms with Gasteiger partial charge in [-0.15, -0.1) is 0 Å². The summed E-state index contributed by atoms with van der Waals surface area (Å²) in [5.74, 6) is 0.146. The average molecular weight is 150 g/mol. The van der Waals surface area contributed by atoms with E-state index in [1.165, 1.54) is 0 Å². The van der Waals surface area contributed by atoms with Crippen molar-refractivity contribution >= 4 is 5.71 Å². The van der Waals surface area contributed by atoms with Gasteiger partial charge in [-0.3, -0.25) is 0 Å². The Morgan fingerprint density at radius 1 is 1.64 bits per heavy atom. The van der Waals surface area contributed by atoms with Crippen molar-refractivity contribution in [2.24, 2.45) is 17.3 Å². The molecule has 2 nitrogen and oxygen atoms in total. The van der Waals surface area contributed by atoms with Gasteiger partial charge in [0.05, 0.1) is 12.0 Å². The van der Waals surface area contributed by atoms with Gasteiger partial charge in [0.15, 0.2) is 0 Å². The van der Waals surface area contributed by atoms with Crippen LogP contribution in [0.5, 0.6) is 0 Å². The fraction of sp³-hybridized carbons (Fsp3) is 0.778. The van der Waals surface area contributed by atoms with Crippen molar-refractivity contribution < 1.29 is 0 Å². The first kappa shape index (κ1) is 8.26. The number of nitrogens with one attached hydrogen (secondary N) is 1. The van der Waals surface area contributed by atoms with Crippen molar-refractivity contribution in [2.75, 3.05) is 0 Å². The van der Waals surface area contributed by atoms with E-state index < -0.39 is 0 Å². The topological polar surface area (TPSA) is 47.6 Å². The standard InChI is InChI=1S/C9H14N2/c1-6-4-9(2,3)7(5-10)8(6)11/h6-7,11H,4H2,1-3H3. The monoisotopic (exact) mass is 150 g/mol. The van der Waals surface area contributed by atoms with Gasteiger partial charge >= 0.3 is 0 Å². The lowest BCUT2D eigenvalue weighted by molar-refractivity contribution is 0.322. The van der Waals surface area contributed by atoms with E-state index in [4.69, 9.17) is 10.7 Å². The molecule has 0 saturated heterocycles. The van der Waals surface area contributed by atoms with Gasteiger partial charge in [0.1, 0.15) is 0 Å².